The molecule has 0 radical (unpaired) electrons. The highest BCUT2D eigenvalue weighted by Gasteiger charge is 2.50. The van der Waals surface area contributed by atoms with Gasteiger partial charge in [-0.05, 0) is 62.7 Å². The molecule has 1 aromatic heterocycles. The minimum Gasteiger partial charge on any atom is -0.228 e. The van der Waals surface area contributed by atoms with E-state index in [1.54, 1.807) is 0 Å². The molecule has 1 aliphatic carbocycles. The minimum absolute atomic E-state index is 0.451. The zero-order valence-corrected chi connectivity index (χ0v) is 27.9. The molecule has 234 valence electrons. The van der Waals surface area contributed by atoms with E-state index < -0.39 is 5.41 Å². The molecule has 0 bridgehead atoms. The summed E-state index contributed by atoms with van der Waals surface area (Å²) < 4.78 is 0. The molecule has 0 atom stereocenters. The normalized spacial score (nSPS) is 13.3. The number of hydrogen-bond donors (Lipinski definition) is 0. The van der Waals surface area contributed by atoms with Crippen molar-refractivity contribution in [3.8, 4) is 56.2 Å². The molecule has 0 amide bonds. The van der Waals surface area contributed by atoms with Crippen LogP contribution < -0.4 is 0 Å². The Labute approximate surface area is 296 Å². The second-order valence-corrected chi connectivity index (χ2v) is 14.0. The molecule has 8 aromatic rings. The Hall–Kier alpha value is -6.03. The molecule has 0 N–H and O–H groups in total. The molecule has 1 aliphatic heterocycles. The van der Waals surface area contributed by atoms with Gasteiger partial charge in [0.2, 0.25) is 0 Å². The van der Waals surface area contributed by atoms with E-state index in [2.05, 4.69) is 176 Å². The molecule has 1 spiro atoms. The highest BCUT2D eigenvalue weighted by molar-refractivity contribution is 7.99. The fourth-order valence-electron chi connectivity index (χ4n) is 8.03. The molecule has 7 aromatic carbocycles. The van der Waals surface area contributed by atoms with E-state index >= 15 is 0 Å². The summed E-state index contributed by atoms with van der Waals surface area (Å²) in [7, 11) is 0. The van der Waals surface area contributed by atoms with Crippen LogP contribution in [0.1, 0.15) is 22.3 Å². The first-order valence-electron chi connectivity index (χ1n) is 17.0. The van der Waals surface area contributed by atoms with Crippen LogP contribution in [-0.2, 0) is 5.41 Å². The van der Waals surface area contributed by atoms with Crippen LogP contribution in [0.25, 0.3) is 56.2 Å². The first kappa shape index (κ1) is 28.9. The van der Waals surface area contributed by atoms with Gasteiger partial charge >= 0.3 is 0 Å². The quantitative estimate of drug-likeness (QED) is 0.189. The summed E-state index contributed by atoms with van der Waals surface area (Å²) in [6, 6.07) is 65.3. The molecule has 2 nitrogen and oxygen atoms in total. The number of benzene rings is 7. The second kappa shape index (κ2) is 11.5. The molecular weight excluding hydrogens is 625 g/mol. The van der Waals surface area contributed by atoms with Crippen molar-refractivity contribution < 1.29 is 0 Å². The molecule has 10 rings (SSSR count). The van der Waals surface area contributed by atoms with Crippen LogP contribution in [0.15, 0.2) is 192 Å². The molecule has 0 unspecified atom stereocenters. The predicted octanol–water partition coefficient (Wildman–Crippen LogP) is 12.0. The monoisotopic (exact) mass is 654 g/mol. The third kappa shape index (κ3) is 4.37. The van der Waals surface area contributed by atoms with Gasteiger partial charge in [0.05, 0.1) is 16.8 Å². The lowest BCUT2D eigenvalue weighted by molar-refractivity contribution is 0.722. The van der Waals surface area contributed by atoms with Gasteiger partial charge in [-0.3, -0.25) is 0 Å². The van der Waals surface area contributed by atoms with Gasteiger partial charge in [-0.1, -0.05) is 176 Å². The summed E-state index contributed by atoms with van der Waals surface area (Å²) in [5, 5.41) is 0. The van der Waals surface area contributed by atoms with Crippen molar-refractivity contribution in [1.82, 2.24) is 9.97 Å². The first-order valence-corrected chi connectivity index (χ1v) is 17.8. The molecule has 0 saturated carbocycles. The molecule has 2 aliphatic rings. The summed E-state index contributed by atoms with van der Waals surface area (Å²) in [5.74, 6) is 0.726. The van der Waals surface area contributed by atoms with Crippen molar-refractivity contribution in [3.63, 3.8) is 0 Å². The third-order valence-electron chi connectivity index (χ3n) is 10.2. The van der Waals surface area contributed by atoms with Gasteiger partial charge in [0.15, 0.2) is 5.82 Å². The van der Waals surface area contributed by atoms with Crippen LogP contribution >= 0.6 is 11.8 Å². The van der Waals surface area contributed by atoms with Crippen LogP contribution in [0, 0.1) is 0 Å². The fourth-order valence-corrected chi connectivity index (χ4v) is 9.22. The lowest BCUT2D eigenvalue weighted by Crippen LogP contribution is -2.31. The van der Waals surface area contributed by atoms with Crippen molar-refractivity contribution in [1.29, 1.82) is 0 Å². The lowest BCUT2D eigenvalue weighted by atomic mass is 9.67. The number of nitrogens with zero attached hydrogens (tertiary/aromatic N) is 2. The Morgan fingerprint density at radius 1 is 0.360 bits per heavy atom. The van der Waals surface area contributed by atoms with Crippen molar-refractivity contribution in [2.24, 2.45) is 0 Å². The molecule has 50 heavy (non-hydrogen) atoms. The Morgan fingerprint density at radius 3 is 1.48 bits per heavy atom. The number of fused-ring (bicyclic) bond motifs is 9. The number of aromatic nitrogens is 2. The summed E-state index contributed by atoms with van der Waals surface area (Å²) >= 11 is 1.87. The molecule has 0 saturated heterocycles. The van der Waals surface area contributed by atoms with Gasteiger partial charge in [0.25, 0.3) is 0 Å². The van der Waals surface area contributed by atoms with Gasteiger partial charge in [-0.25, -0.2) is 9.97 Å². The predicted molar refractivity (Wildman–Crippen MR) is 205 cm³/mol. The van der Waals surface area contributed by atoms with E-state index in [1.165, 1.54) is 54.3 Å². The van der Waals surface area contributed by atoms with E-state index in [9.17, 15) is 0 Å². The topological polar surface area (TPSA) is 25.8 Å². The highest BCUT2D eigenvalue weighted by atomic mass is 32.2. The van der Waals surface area contributed by atoms with Crippen molar-refractivity contribution in [2.75, 3.05) is 0 Å². The Bertz CT molecular complexity index is 2510. The zero-order valence-electron chi connectivity index (χ0n) is 27.1. The van der Waals surface area contributed by atoms with E-state index in [1.807, 2.05) is 17.8 Å². The number of rotatable bonds is 4. The SMILES string of the molecule is c1ccc(-c2ccc(-c3cc(-c4ccccc4)nc(-c4cccc5c4-c4ccccc4C54c5ccccc5Sc5ccccc54)n3)cc2)cc1. The molecule has 3 heteroatoms. The smallest absolute Gasteiger partial charge is 0.161 e. The largest absolute Gasteiger partial charge is 0.228 e. The van der Waals surface area contributed by atoms with Crippen LogP contribution in [0.5, 0.6) is 0 Å². The highest BCUT2D eigenvalue weighted by Crippen LogP contribution is 2.63. The van der Waals surface area contributed by atoms with Crippen molar-refractivity contribution >= 4 is 11.8 Å². The van der Waals surface area contributed by atoms with Crippen molar-refractivity contribution in [3.05, 3.63) is 204 Å². The van der Waals surface area contributed by atoms with Crippen LogP contribution in [0.3, 0.4) is 0 Å². The number of hydrogen-bond acceptors (Lipinski definition) is 3. The lowest BCUT2D eigenvalue weighted by Gasteiger charge is -2.39. The van der Waals surface area contributed by atoms with Gasteiger partial charge in [0.1, 0.15) is 0 Å². The zero-order chi connectivity index (χ0) is 33.1. The fraction of sp³-hybridized carbons (Fsp3) is 0.0213. The van der Waals surface area contributed by atoms with Crippen LogP contribution in [-0.4, -0.2) is 9.97 Å². The van der Waals surface area contributed by atoms with Crippen LogP contribution in [0.4, 0.5) is 0 Å². The van der Waals surface area contributed by atoms with Gasteiger partial charge < -0.3 is 0 Å². The minimum atomic E-state index is -0.451. The first-order chi connectivity index (χ1) is 24.8. The Morgan fingerprint density at radius 2 is 0.820 bits per heavy atom. The van der Waals surface area contributed by atoms with E-state index in [0.717, 1.165) is 33.9 Å². The maximum absolute atomic E-state index is 5.36. The maximum Gasteiger partial charge on any atom is 0.161 e. The van der Waals surface area contributed by atoms with Gasteiger partial charge in [0, 0.05) is 26.5 Å². The van der Waals surface area contributed by atoms with Crippen LogP contribution in [0.2, 0.25) is 0 Å². The van der Waals surface area contributed by atoms with Crippen molar-refractivity contribution in [2.45, 2.75) is 15.2 Å². The maximum atomic E-state index is 5.36. The average molecular weight is 655 g/mol. The summed E-state index contributed by atoms with van der Waals surface area (Å²) in [4.78, 5) is 13.3. The van der Waals surface area contributed by atoms with Gasteiger partial charge in [-0.2, -0.15) is 0 Å². The van der Waals surface area contributed by atoms with E-state index in [4.69, 9.17) is 9.97 Å². The van der Waals surface area contributed by atoms with E-state index in [-0.39, 0.29) is 0 Å². The third-order valence-corrected chi connectivity index (χ3v) is 11.3. The summed E-state index contributed by atoms with van der Waals surface area (Å²) in [5.41, 5.74) is 14.6. The molecule has 0 fully saturated rings. The molecular formula is C47H30N2S. The average Bonchev–Trinajstić information content (AvgIpc) is 3.49. The summed E-state index contributed by atoms with van der Waals surface area (Å²) in [6.45, 7) is 0. The Balaban J connectivity index is 1.22. The standard InChI is InChI=1S/C47H30N2S/c1-3-14-31(15-4-1)32-26-28-34(29-27-32)42-30-41(33-16-5-2-6-17-33)48-46(49-42)36-19-13-23-40-45(36)35-18-7-8-20-37(35)47(40)38-21-9-11-24-43(38)50-44-25-12-10-22-39(44)47/h1-30H. The molecule has 2 heterocycles. The summed E-state index contributed by atoms with van der Waals surface area (Å²) in [6.07, 6.45) is 0. The second-order valence-electron chi connectivity index (χ2n) is 12.9. The van der Waals surface area contributed by atoms with Gasteiger partial charge in [-0.15, -0.1) is 0 Å². The Kier molecular flexibility index (Phi) is 6.68. The van der Waals surface area contributed by atoms with E-state index in [0.29, 0.717) is 0 Å².